The summed E-state index contributed by atoms with van der Waals surface area (Å²) in [4.78, 5) is 23.3. The topological polar surface area (TPSA) is 81.4 Å². The highest BCUT2D eigenvalue weighted by Gasteiger charge is 2.36. The molecule has 1 aliphatic heterocycles. The second kappa shape index (κ2) is 7.80. The number of benzene rings is 1. The third-order valence-corrected chi connectivity index (χ3v) is 5.13. The lowest BCUT2D eigenvalue weighted by atomic mass is 9.98. The van der Waals surface area contributed by atoms with Crippen LogP contribution < -0.4 is 4.74 Å². The molecule has 2 unspecified atom stereocenters. The highest BCUT2D eigenvalue weighted by molar-refractivity contribution is 5.79. The standard InChI is InChI=1S/C21H22N4O3/c1-14-12-25(19(26)10-15-5-3-7-17(9-15)27-2)13-18(14)21-23-20(24-28-21)16-6-4-8-22-11-16/h3-9,11,14,18H,10,12-13H2,1-2H3. The summed E-state index contributed by atoms with van der Waals surface area (Å²) in [7, 11) is 1.62. The van der Waals surface area contributed by atoms with Gasteiger partial charge < -0.3 is 14.2 Å². The summed E-state index contributed by atoms with van der Waals surface area (Å²) in [6, 6.07) is 11.3. The second-order valence-corrected chi connectivity index (χ2v) is 7.11. The number of ether oxygens (including phenoxy) is 1. The van der Waals surface area contributed by atoms with Crippen LogP contribution in [0.2, 0.25) is 0 Å². The molecule has 0 spiro atoms. The molecule has 0 N–H and O–H groups in total. The summed E-state index contributed by atoms with van der Waals surface area (Å²) in [5.74, 6) is 2.23. The predicted octanol–water partition coefficient (Wildman–Crippen LogP) is 2.94. The van der Waals surface area contributed by atoms with E-state index in [1.807, 2.05) is 41.3 Å². The summed E-state index contributed by atoms with van der Waals surface area (Å²) in [5.41, 5.74) is 1.76. The highest BCUT2D eigenvalue weighted by atomic mass is 16.5. The van der Waals surface area contributed by atoms with Crippen LogP contribution in [0.5, 0.6) is 5.75 Å². The smallest absolute Gasteiger partial charge is 0.232 e. The van der Waals surface area contributed by atoms with E-state index in [2.05, 4.69) is 22.0 Å². The van der Waals surface area contributed by atoms with Gasteiger partial charge in [-0.3, -0.25) is 9.78 Å². The van der Waals surface area contributed by atoms with E-state index in [1.54, 1.807) is 19.5 Å². The molecule has 2 atom stereocenters. The number of carbonyl (C=O) groups is 1. The lowest BCUT2D eigenvalue weighted by Gasteiger charge is -2.16. The summed E-state index contributed by atoms with van der Waals surface area (Å²) in [5, 5.41) is 4.08. The van der Waals surface area contributed by atoms with E-state index in [0.29, 0.717) is 31.2 Å². The number of carbonyl (C=O) groups excluding carboxylic acids is 1. The molecule has 3 aromatic rings. The van der Waals surface area contributed by atoms with E-state index < -0.39 is 0 Å². The average Bonchev–Trinajstić information content (AvgIpc) is 3.35. The van der Waals surface area contributed by atoms with Crippen molar-refractivity contribution in [1.29, 1.82) is 0 Å². The molecule has 3 heterocycles. The lowest BCUT2D eigenvalue weighted by molar-refractivity contribution is -0.129. The third kappa shape index (κ3) is 3.74. The van der Waals surface area contributed by atoms with Crippen molar-refractivity contribution in [2.75, 3.05) is 20.2 Å². The normalized spacial score (nSPS) is 19.0. The van der Waals surface area contributed by atoms with Gasteiger partial charge in [-0.1, -0.05) is 24.2 Å². The number of hydrogen-bond acceptors (Lipinski definition) is 6. The predicted molar refractivity (Wildman–Crippen MR) is 103 cm³/mol. The molecule has 0 radical (unpaired) electrons. The highest BCUT2D eigenvalue weighted by Crippen LogP contribution is 2.32. The van der Waals surface area contributed by atoms with Gasteiger partial charge in [0.25, 0.3) is 0 Å². The first-order valence-electron chi connectivity index (χ1n) is 9.28. The fraction of sp³-hybridized carbons (Fsp3) is 0.333. The molecule has 7 heteroatoms. The number of methoxy groups -OCH3 is 1. The monoisotopic (exact) mass is 378 g/mol. The van der Waals surface area contributed by atoms with Crippen LogP contribution in [0, 0.1) is 5.92 Å². The SMILES string of the molecule is COc1cccc(CC(=O)N2CC(C)C(c3nc(-c4cccnc4)no3)C2)c1. The van der Waals surface area contributed by atoms with Crippen LogP contribution in [0.3, 0.4) is 0 Å². The Morgan fingerprint density at radius 2 is 2.18 bits per heavy atom. The molecule has 1 aliphatic rings. The van der Waals surface area contributed by atoms with Crippen LogP contribution in [0.15, 0.2) is 53.3 Å². The zero-order chi connectivity index (χ0) is 19.5. The second-order valence-electron chi connectivity index (χ2n) is 7.11. The zero-order valence-electron chi connectivity index (χ0n) is 15.9. The van der Waals surface area contributed by atoms with Crippen LogP contribution in [-0.4, -0.2) is 46.1 Å². The van der Waals surface area contributed by atoms with Crippen LogP contribution >= 0.6 is 0 Å². The Labute approximate surface area is 163 Å². The van der Waals surface area contributed by atoms with Gasteiger partial charge in [0.05, 0.1) is 19.4 Å². The van der Waals surface area contributed by atoms with E-state index in [0.717, 1.165) is 16.9 Å². The fourth-order valence-corrected chi connectivity index (χ4v) is 3.56. The Morgan fingerprint density at radius 1 is 1.29 bits per heavy atom. The Bertz CT molecular complexity index is 957. The van der Waals surface area contributed by atoms with Crippen molar-refractivity contribution in [3.8, 4) is 17.1 Å². The number of nitrogens with zero attached hydrogens (tertiary/aromatic N) is 4. The minimum atomic E-state index is 0.0344. The molecule has 0 saturated carbocycles. The molecule has 1 fully saturated rings. The Hall–Kier alpha value is -3.22. The van der Waals surface area contributed by atoms with Crippen LogP contribution in [0.1, 0.15) is 24.3 Å². The van der Waals surface area contributed by atoms with Gasteiger partial charge in [-0.2, -0.15) is 4.98 Å². The van der Waals surface area contributed by atoms with Gasteiger partial charge in [-0.05, 0) is 35.7 Å². The Balaban J connectivity index is 1.44. The maximum Gasteiger partial charge on any atom is 0.232 e. The van der Waals surface area contributed by atoms with E-state index in [-0.39, 0.29) is 17.7 Å². The van der Waals surface area contributed by atoms with Crippen molar-refractivity contribution in [3.63, 3.8) is 0 Å². The van der Waals surface area contributed by atoms with E-state index in [1.165, 1.54) is 0 Å². The molecular formula is C21H22N4O3. The number of hydrogen-bond donors (Lipinski definition) is 0. The maximum atomic E-state index is 12.8. The number of pyridine rings is 1. The third-order valence-electron chi connectivity index (χ3n) is 5.13. The van der Waals surface area contributed by atoms with Gasteiger partial charge in [-0.25, -0.2) is 0 Å². The molecule has 1 saturated heterocycles. The molecule has 1 amide bonds. The van der Waals surface area contributed by atoms with Gasteiger partial charge in [-0.15, -0.1) is 0 Å². The van der Waals surface area contributed by atoms with Crippen molar-refractivity contribution >= 4 is 5.91 Å². The number of amides is 1. The van der Waals surface area contributed by atoms with Gasteiger partial charge in [0.1, 0.15) is 5.75 Å². The molecule has 28 heavy (non-hydrogen) atoms. The quantitative estimate of drug-likeness (QED) is 0.679. The number of likely N-dealkylation sites (tertiary alicyclic amines) is 1. The summed E-state index contributed by atoms with van der Waals surface area (Å²) in [6.07, 6.45) is 3.76. The van der Waals surface area contributed by atoms with Crippen LogP contribution in [0.25, 0.3) is 11.4 Å². The molecule has 1 aromatic carbocycles. The fourth-order valence-electron chi connectivity index (χ4n) is 3.56. The van der Waals surface area contributed by atoms with Crippen molar-refractivity contribution in [2.24, 2.45) is 5.92 Å². The molecule has 0 bridgehead atoms. The van der Waals surface area contributed by atoms with Crippen molar-refractivity contribution in [1.82, 2.24) is 20.0 Å². The van der Waals surface area contributed by atoms with E-state index in [4.69, 9.17) is 9.26 Å². The summed E-state index contributed by atoms with van der Waals surface area (Å²) in [6.45, 7) is 3.37. The number of aromatic nitrogens is 3. The first-order valence-corrected chi connectivity index (χ1v) is 9.28. The van der Waals surface area contributed by atoms with Crippen LogP contribution in [0.4, 0.5) is 0 Å². The maximum absolute atomic E-state index is 12.8. The summed E-state index contributed by atoms with van der Waals surface area (Å²) < 4.78 is 10.7. The largest absolute Gasteiger partial charge is 0.497 e. The molecule has 4 rings (SSSR count). The molecule has 2 aromatic heterocycles. The average molecular weight is 378 g/mol. The first kappa shape index (κ1) is 18.2. The number of rotatable bonds is 5. The van der Waals surface area contributed by atoms with Crippen LogP contribution in [-0.2, 0) is 11.2 Å². The zero-order valence-corrected chi connectivity index (χ0v) is 15.9. The van der Waals surface area contributed by atoms with Gasteiger partial charge in [0.2, 0.25) is 17.6 Å². The van der Waals surface area contributed by atoms with Crippen molar-refractivity contribution in [3.05, 3.63) is 60.2 Å². The lowest BCUT2D eigenvalue weighted by Crippen LogP contribution is -2.30. The van der Waals surface area contributed by atoms with Gasteiger partial charge in [0.15, 0.2) is 0 Å². The minimum absolute atomic E-state index is 0.0344. The van der Waals surface area contributed by atoms with E-state index >= 15 is 0 Å². The Morgan fingerprint density at radius 3 is 2.96 bits per heavy atom. The van der Waals surface area contributed by atoms with Crippen molar-refractivity contribution in [2.45, 2.75) is 19.3 Å². The minimum Gasteiger partial charge on any atom is -0.497 e. The Kier molecular flexibility index (Phi) is 5.06. The van der Waals surface area contributed by atoms with Gasteiger partial charge >= 0.3 is 0 Å². The first-order chi connectivity index (χ1) is 13.6. The van der Waals surface area contributed by atoms with Crippen molar-refractivity contribution < 1.29 is 14.1 Å². The molecular weight excluding hydrogens is 356 g/mol. The summed E-state index contributed by atoms with van der Waals surface area (Å²) >= 11 is 0. The van der Waals surface area contributed by atoms with Gasteiger partial charge in [0, 0.05) is 31.0 Å². The van der Waals surface area contributed by atoms with E-state index in [9.17, 15) is 4.79 Å². The molecule has 0 aliphatic carbocycles. The molecule has 144 valence electrons. The molecule has 7 nitrogen and oxygen atoms in total.